The Morgan fingerprint density at radius 1 is 1.44 bits per heavy atom. The third-order valence-electron chi connectivity index (χ3n) is 2.14. The molecule has 0 fully saturated rings. The zero-order valence-corrected chi connectivity index (χ0v) is 9.19. The normalized spacial score (nSPS) is 10.2. The monoisotopic (exact) mass is 223 g/mol. The second-order valence-electron chi connectivity index (χ2n) is 3.35. The third kappa shape index (κ3) is 2.98. The minimum absolute atomic E-state index is 0.367. The predicted octanol–water partition coefficient (Wildman–Crippen LogP) is 0.984. The largest absolute Gasteiger partial charge is 0.465 e. The second kappa shape index (κ2) is 5.16. The lowest BCUT2D eigenvalue weighted by Gasteiger charge is -2.13. The van der Waals surface area contributed by atoms with Crippen molar-refractivity contribution < 1.29 is 15.7 Å². The second-order valence-corrected chi connectivity index (χ2v) is 3.35. The van der Waals surface area contributed by atoms with Gasteiger partial charge in [-0.2, -0.15) is 0 Å². The number of esters is 1. The number of amides is 2. The van der Waals surface area contributed by atoms with Crippen molar-refractivity contribution in [3.63, 3.8) is 0 Å². The molecule has 0 saturated heterocycles. The van der Waals surface area contributed by atoms with Crippen LogP contribution in [-0.4, -0.2) is 31.1 Å². The maximum absolute atomic E-state index is 11.2. The van der Waals surface area contributed by atoms with Crippen molar-refractivity contribution in [2.24, 2.45) is 5.73 Å². The Labute approximate surface area is 95.3 Å². The fraction of sp³-hybridized carbons (Fsp3) is 0.273. The highest BCUT2D eigenvalue weighted by molar-refractivity contribution is 5.89. The van der Waals surface area contributed by atoms with Gasteiger partial charge in [0.1, 0.15) is 0 Å². The van der Waals surface area contributed by atoms with Crippen LogP contribution in [0.25, 0.3) is 0 Å². The number of ether oxygens (including phenoxy) is 1. The lowest BCUT2D eigenvalue weighted by atomic mass is 10.1. The van der Waals surface area contributed by atoms with E-state index in [1.54, 1.807) is 37.0 Å². The fourth-order valence-corrected chi connectivity index (χ4v) is 1.21. The Morgan fingerprint density at radius 3 is 2.56 bits per heavy atom. The van der Waals surface area contributed by atoms with Crippen molar-refractivity contribution in [1.82, 2.24) is 4.90 Å². The minimum Gasteiger partial charge on any atom is -0.465 e. The van der Waals surface area contributed by atoms with Crippen LogP contribution >= 0.6 is 0 Å². The van der Waals surface area contributed by atoms with E-state index < -0.39 is 12.0 Å². The topological polar surface area (TPSA) is 72.6 Å². The zero-order chi connectivity index (χ0) is 12.8. The highest BCUT2D eigenvalue weighted by Gasteiger charge is 2.06. The molecule has 0 atom stereocenters. The van der Waals surface area contributed by atoms with Gasteiger partial charge in [-0.1, -0.05) is 12.1 Å². The van der Waals surface area contributed by atoms with Gasteiger partial charge in [0.15, 0.2) is 1.41 Å². The maximum atomic E-state index is 11.2. The van der Waals surface area contributed by atoms with Gasteiger partial charge in [-0.15, -0.1) is 0 Å². The molecule has 5 heteroatoms. The molecule has 0 heterocycles. The first-order valence-electron chi connectivity index (χ1n) is 5.18. The quantitative estimate of drug-likeness (QED) is 0.776. The van der Waals surface area contributed by atoms with Crippen LogP contribution in [0.3, 0.4) is 0 Å². The average molecular weight is 223 g/mol. The van der Waals surface area contributed by atoms with Gasteiger partial charge in [0.25, 0.3) is 0 Å². The Morgan fingerprint density at radius 2 is 2.06 bits per heavy atom. The van der Waals surface area contributed by atoms with Crippen LogP contribution in [0.1, 0.15) is 15.9 Å². The Balaban J connectivity index is 2.68. The summed E-state index contributed by atoms with van der Waals surface area (Å²) in [6.45, 7) is 0.367. The number of urea groups is 1. The first kappa shape index (κ1) is 10.5. The van der Waals surface area contributed by atoms with Gasteiger partial charge in [-0.25, -0.2) is 9.59 Å². The van der Waals surface area contributed by atoms with Crippen molar-refractivity contribution in [3.8, 4) is 0 Å². The number of carbonyl (C=O) groups is 2. The lowest BCUT2D eigenvalue weighted by molar-refractivity contribution is 0.0600. The van der Waals surface area contributed by atoms with E-state index in [-0.39, 0.29) is 0 Å². The molecule has 1 aromatic rings. The predicted molar refractivity (Wildman–Crippen MR) is 58.8 cm³/mol. The number of benzene rings is 1. The number of nitrogens with two attached hydrogens (primary N) is 1. The van der Waals surface area contributed by atoms with E-state index in [4.69, 9.17) is 1.41 Å². The third-order valence-corrected chi connectivity index (χ3v) is 2.14. The lowest BCUT2D eigenvalue weighted by Crippen LogP contribution is -2.31. The van der Waals surface area contributed by atoms with Gasteiger partial charge < -0.3 is 15.4 Å². The van der Waals surface area contributed by atoms with E-state index in [1.165, 1.54) is 12.0 Å². The summed E-state index contributed by atoms with van der Waals surface area (Å²) in [4.78, 5) is 23.6. The first-order chi connectivity index (χ1) is 8.08. The molecule has 0 unspecified atom stereocenters. The molecule has 86 valence electrons. The maximum Gasteiger partial charge on any atom is 0.337 e. The zero-order valence-electron chi connectivity index (χ0n) is 10.2. The molecule has 1 rings (SSSR count). The number of hydrogen-bond donors (Lipinski definition) is 1. The van der Waals surface area contributed by atoms with Gasteiger partial charge >= 0.3 is 12.0 Å². The highest BCUT2D eigenvalue weighted by Crippen LogP contribution is 2.07. The van der Waals surface area contributed by atoms with Crippen LogP contribution in [0.4, 0.5) is 4.79 Å². The molecule has 1 aromatic carbocycles. The number of rotatable bonds is 3. The summed E-state index contributed by atoms with van der Waals surface area (Å²) in [6, 6.07) is 6.25. The summed E-state index contributed by atoms with van der Waals surface area (Å²) in [5, 5.41) is 0. The van der Waals surface area contributed by atoms with E-state index in [0.717, 1.165) is 5.56 Å². The van der Waals surface area contributed by atoms with Crippen molar-refractivity contribution in [3.05, 3.63) is 35.4 Å². The minimum atomic E-state index is -0.484. The van der Waals surface area contributed by atoms with Gasteiger partial charge in [-0.05, 0) is 17.7 Å². The van der Waals surface area contributed by atoms with E-state index in [1.807, 2.05) is 0 Å². The summed E-state index contributed by atoms with van der Waals surface area (Å²) in [5.41, 5.74) is 3.11. The summed E-state index contributed by atoms with van der Waals surface area (Å²) >= 11 is 0. The molecule has 0 aliphatic heterocycles. The molecule has 0 saturated carbocycles. The molecule has 16 heavy (non-hydrogen) atoms. The molecule has 0 aliphatic carbocycles. The summed E-state index contributed by atoms with van der Waals surface area (Å²) < 4.78 is 11.3. The Bertz CT molecular complexity index is 406. The van der Waals surface area contributed by atoms with Crippen molar-refractivity contribution in [2.45, 2.75) is 6.54 Å². The molecule has 0 bridgehead atoms. The Kier molecular flexibility index (Phi) is 3.38. The van der Waals surface area contributed by atoms with Gasteiger partial charge in [0, 0.05) is 13.6 Å². The van der Waals surface area contributed by atoms with Crippen molar-refractivity contribution >= 4 is 12.0 Å². The molecule has 0 aromatic heterocycles. The van der Waals surface area contributed by atoms with E-state index in [0.29, 0.717) is 12.1 Å². The number of carbonyl (C=O) groups excluding carboxylic acids is 2. The standard InChI is InChI=1S/C11H14N2O3/c1-13(11(12)15)7-8-3-5-9(6-4-8)10(14)16-2/h3-6H,7H2,1-2H3,(H2,12,15)/i/hD. The van der Waals surface area contributed by atoms with Crippen LogP contribution in [0.2, 0.25) is 1.41 Å². The number of hydrogen-bond acceptors (Lipinski definition) is 3. The van der Waals surface area contributed by atoms with E-state index in [9.17, 15) is 9.59 Å². The molecular weight excluding hydrogens is 208 g/mol. The molecule has 0 radical (unpaired) electrons. The van der Waals surface area contributed by atoms with Crippen LogP contribution in [0, 0.1) is 0 Å². The van der Waals surface area contributed by atoms with Crippen LogP contribution in [0.15, 0.2) is 24.3 Å². The number of primary amides is 1. The number of nitrogens with zero attached hydrogens (tertiary/aromatic N) is 1. The van der Waals surface area contributed by atoms with E-state index >= 15 is 0 Å². The summed E-state index contributed by atoms with van der Waals surface area (Å²) in [6.07, 6.45) is 0. The Hall–Kier alpha value is -2.04. The van der Waals surface area contributed by atoms with Gasteiger partial charge in [0.2, 0.25) is 0 Å². The van der Waals surface area contributed by atoms with Crippen LogP contribution < -0.4 is 5.73 Å². The van der Waals surface area contributed by atoms with Crippen LogP contribution in [-0.2, 0) is 11.3 Å². The molecule has 2 N–H and O–H groups in total. The summed E-state index contributed by atoms with van der Waals surface area (Å²) in [5.74, 6) is -0.395. The molecule has 0 aliphatic rings. The SMILES string of the molecule is [2H]NC(=O)N(C)Cc1ccc(C(=O)OC)cc1. The molecular formula is C11H14N2O3. The van der Waals surface area contributed by atoms with E-state index in [2.05, 4.69) is 4.74 Å². The molecule has 2 amide bonds. The highest BCUT2D eigenvalue weighted by atomic mass is 16.5. The van der Waals surface area contributed by atoms with Gasteiger partial charge in [0.05, 0.1) is 12.7 Å². The number of methoxy groups -OCH3 is 1. The molecule has 0 spiro atoms. The summed E-state index contributed by atoms with van der Waals surface area (Å²) in [7, 11) is 2.90. The van der Waals surface area contributed by atoms with Crippen LogP contribution in [0.5, 0.6) is 0 Å². The molecule has 5 nitrogen and oxygen atoms in total. The van der Waals surface area contributed by atoms with Crippen molar-refractivity contribution in [2.75, 3.05) is 14.2 Å². The average Bonchev–Trinajstić information content (AvgIpc) is 2.37. The van der Waals surface area contributed by atoms with Gasteiger partial charge in [-0.3, -0.25) is 0 Å². The first-order valence-corrected chi connectivity index (χ1v) is 4.68. The fourth-order valence-electron chi connectivity index (χ4n) is 1.21. The van der Waals surface area contributed by atoms with Crippen molar-refractivity contribution in [1.29, 1.82) is 0 Å². The smallest absolute Gasteiger partial charge is 0.337 e.